The molecule has 0 spiro atoms. The Labute approximate surface area is 161 Å². The third kappa shape index (κ3) is 4.79. The van der Waals surface area contributed by atoms with E-state index in [4.69, 9.17) is 9.47 Å². The zero-order valence-corrected chi connectivity index (χ0v) is 15.8. The maximum absolute atomic E-state index is 12.4. The summed E-state index contributed by atoms with van der Waals surface area (Å²) in [5.41, 5.74) is 0.831. The molecular weight excluding hydrogens is 356 g/mol. The molecule has 3 aromatic rings. The van der Waals surface area contributed by atoms with Gasteiger partial charge in [-0.05, 0) is 61.4 Å². The van der Waals surface area contributed by atoms with Crippen molar-refractivity contribution in [3.05, 3.63) is 91.1 Å². The minimum Gasteiger partial charge on any atom is -0.494 e. The summed E-state index contributed by atoms with van der Waals surface area (Å²) in [5, 5.41) is 0.385. The van der Waals surface area contributed by atoms with Gasteiger partial charge in [-0.3, -0.25) is 9.59 Å². The molecule has 28 heavy (non-hydrogen) atoms. The number of rotatable bonds is 6. The first-order chi connectivity index (χ1) is 13.6. The van der Waals surface area contributed by atoms with Crippen molar-refractivity contribution in [1.29, 1.82) is 0 Å². The Kier molecular flexibility index (Phi) is 6.11. The Bertz CT molecular complexity index is 1060. The number of hydrogen-bond acceptors (Lipinski definition) is 4. The van der Waals surface area contributed by atoms with Crippen molar-refractivity contribution < 1.29 is 9.47 Å². The lowest BCUT2D eigenvalue weighted by Crippen LogP contribution is -2.46. The van der Waals surface area contributed by atoms with Gasteiger partial charge in [0, 0.05) is 0 Å². The van der Waals surface area contributed by atoms with Crippen LogP contribution in [0.2, 0.25) is 0 Å². The molecule has 6 heteroatoms. The summed E-state index contributed by atoms with van der Waals surface area (Å²) in [6.07, 6.45) is 3.24. The van der Waals surface area contributed by atoms with Crippen molar-refractivity contribution in [3.8, 4) is 11.5 Å². The lowest BCUT2D eigenvalue weighted by Gasteiger charge is -2.02. The van der Waals surface area contributed by atoms with Crippen molar-refractivity contribution in [3.63, 3.8) is 0 Å². The molecule has 0 aliphatic carbocycles. The van der Waals surface area contributed by atoms with E-state index in [1.54, 1.807) is 12.2 Å². The summed E-state index contributed by atoms with van der Waals surface area (Å²) in [5.74, 6) is 1.50. The largest absolute Gasteiger partial charge is 0.494 e. The average Bonchev–Trinajstić information content (AvgIpc) is 2.69. The molecule has 3 rings (SSSR count). The van der Waals surface area contributed by atoms with Crippen LogP contribution >= 0.6 is 0 Å². The van der Waals surface area contributed by atoms with Gasteiger partial charge in [0.2, 0.25) is 0 Å². The van der Waals surface area contributed by atoms with Crippen LogP contribution in [0.25, 0.3) is 12.2 Å². The van der Waals surface area contributed by atoms with E-state index in [0.717, 1.165) is 22.6 Å². The summed E-state index contributed by atoms with van der Waals surface area (Å²) in [4.78, 5) is 30.0. The van der Waals surface area contributed by atoms with Crippen LogP contribution in [0.5, 0.6) is 11.5 Å². The van der Waals surface area contributed by atoms with Crippen LogP contribution in [0.1, 0.15) is 25.0 Å². The Morgan fingerprint density at radius 3 is 1.36 bits per heavy atom. The summed E-state index contributed by atoms with van der Waals surface area (Å²) >= 11 is 0. The summed E-state index contributed by atoms with van der Waals surface area (Å²) in [6, 6.07) is 14.5. The number of aromatic nitrogens is 2. The van der Waals surface area contributed by atoms with Crippen LogP contribution in [0.3, 0.4) is 0 Å². The van der Waals surface area contributed by atoms with E-state index >= 15 is 0 Å². The average molecular weight is 378 g/mol. The molecule has 0 fully saturated rings. The quantitative estimate of drug-likeness (QED) is 0.681. The fourth-order valence-electron chi connectivity index (χ4n) is 2.68. The van der Waals surface area contributed by atoms with Crippen molar-refractivity contribution in [1.82, 2.24) is 9.97 Å². The van der Waals surface area contributed by atoms with Crippen LogP contribution in [0.15, 0.2) is 58.1 Å². The normalized spacial score (nSPS) is 12.2. The molecule has 2 aromatic carbocycles. The SMILES string of the molecule is CCOc1ccc(C=c2[nH]c(=O)/c(=C/c3ccc(OCC)cc3)[nH]c2=O)cc1. The van der Waals surface area contributed by atoms with Crippen molar-refractivity contribution in [2.75, 3.05) is 13.2 Å². The fourth-order valence-corrected chi connectivity index (χ4v) is 2.68. The van der Waals surface area contributed by atoms with E-state index in [0.29, 0.717) is 13.2 Å². The number of H-pyrrole nitrogens is 2. The van der Waals surface area contributed by atoms with Gasteiger partial charge >= 0.3 is 0 Å². The van der Waals surface area contributed by atoms with E-state index in [2.05, 4.69) is 9.97 Å². The maximum Gasteiger partial charge on any atom is 0.272 e. The molecule has 6 nitrogen and oxygen atoms in total. The van der Waals surface area contributed by atoms with E-state index in [1.165, 1.54) is 0 Å². The molecule has 144 valence electrons. The van der Waals surface area contributed by atoms with Gasteiger partial charge in [-0.25, -0.2) is 0 Å². The van der Waals surface area contributed by atoms with Crippen LogP contribution in [-0.4, -0.2) is 23.2 Å². The van der Waals surface area contributed by atoms with Gasteiger partial charge < -0.3 is 19.4 Å². The number of hydrogen-bond donors (Lipinski definition) is 2. The summed E-state index contributed by atoms with van der Waals surface area (Å²) < 4.78 is 10.8. The van der Waals surface area contributed by atoms with Crippen LogP contribution in [-0.2, 0) is 0 Å². The molecule has 0 aliphatic rings. The minimum absolute atomic E-state index is 0.193. The van der Waals surface area contributed by atoms with Crippen LogP contribution < -0.4 is 31.3 Å². The van der Waals surface area contributed by atoms with E-state index in [9.17, 15) is 9.59 Å². The van der Waals surface area contributed by atoms with Crippen molar-refractivity contribution >= 4 is 12.2 Å². The second-order valence-electron chi connectivity index (χ2n) is 6.03. The first-order valence-corrected chi connectivity index (χ1v) is 9.11. The van der Waals surface area contributed by atoms with Crippen molar-refractivity contribution in [2.45, 2.75) is 13.8 Å². The highest BCUT2D eigenvalue weighted by molar-refractivity contribution is 5.51. The lowest BCUT2D eigenvalue weighted by atomic mass is 10.2. The third-order valence-electron chi connectivity index (χ3n) is 3.99. The zero-order valence-electron chi connectivity index (χ0n) is 15.8. The molecule has 1 heterocycles. The van der Waals surface area contributed by atoms with Gasteiger partial charge in [0.25, 0.3) is 11.1 Å². The number of nitrogens with one attached hydrogen (secondary N) is 2. The zero-order chi connectivity index (χ0) is 19.9. The standard InChI is InChI=1S/C22H22N2O4/c1-3-27-17-9-5-15(6-10-17)13-19-21(25)24-20(22(26)23-19)14-16-7-11-18(12-8-16)28-4-2/h5-14H,3-4H2,1-2H3,(H,23,26)(H,24,25)/b19-13-,20-14?. The van der Waals surface area contributed by atoms with Gasteiger partial charge in [0.1, 0.15) is 22.2 Å². The van der Waals surface area contributed by atoms with E-state index < -0.39 is 0 Å². The Hall–Kier alpha value is -3.54. The summed E-state index contributed by atoms with van der Waals surface area (Å²) in [7, 11) is 0. The first kappa shape index (κ1) is 19.2. The molecule has 0 atom stereocenters. The lowest BCUT2D eigenvalue weighted by molar-refractivity contribution is 0.340. The predicted molar refractivity (Wildman–Crippen MR) is 109 cm³/mol. The Morgan fingerprint density at radius 1 is 0.679 bits per heavy atom. The van der Waals surface area contributed by atoms with E-state index in [1.807, 2.05) is 62.4 Å². The summed E-state index contributed by atoms with van der Waals surface area (Å²) in [6.45, 7) is 5.00. The molecule has 0 radical (unpaired) electrons. The topological polar surface area (TPSA) is 84.2 Å². The number of aromatic amines is 2. The molecule has 0 unspecified atom stereocenters. The number of ether oxygens (including phenoxy) is 2. The van der Waals surface area contributed by atoms with Gasteiger partial charge in [0.15, 0.2) is 0 Å². The predicted octanol–water partition coefficient (Wildman–Crippen LogP) is 1.52. The van der Waals surface area contributed by atoms with Gasteiger partial charge in [0.05, 0.1) is 13.2 Å². The highest BCUT2D eigenvalue weighted by Crippen LogP contribution is 2.12. The first-order valence-electron chi connectivity index (χ1n) is 9.11. The smallest absolute Gasteiger partial charge is 0.272 e. The number of benzene rings is 2. The molecule has 2 N–H and O–H groups in total. The van der Waals surface area contributed by atoms with Gasteiger partial charge in [-0.15, -0.1) is 0 Å². The molecule has 0 amide bonds. The molecule has 0 saturated heterocycles. The highest BCUT2D eigenvalue weighted by atomic mass is 16.5. The molecule has 1 aromatic heterocycles. The molecular formula is C22H22N2O4. The van der Waals surface area contributed by atoms with Crippen molar-refractivity contribution in [2.24, 2.45) is 0 Å². The van der Waals surface area contributed by atoms with Gasteiger partial charge in [-0.1, -0.05) is 24.3 Å². The molecule has 0 aliphatic heterocycles. The Morgan fingerprint density at radius 2 is 1.04 bits per heavy atom. The van der Waals surface area contributed by atoms with Crippen LogP contribution in [0, 0.1) is 0 Å². The second kappa shape index (κ2) is 8.90. The third-order valence-corrected chi connectivity index (χ3v) is 3.99. The van der Waals surface area contributed by atoms with Gasteiger partial charge in [-0.2, -0.15) is 0 Å². The van der Waals surface area contributed by atoms with E-state index in [-0.39, 0.29) is 21.8 Å². The fraction of sp³-hybridized carbons (Fsp3) is 0.182. The monoisotopic (exact) mass is 378 g/mol. The maximum atomic E-state index is 12.4. The van der Waals surface area contributed by atoms with Crippen LogP contribution in [0.4, 0.5) is 0 Å². The molecule has 0 bridgehead atoms. The minimum atomic E-state index is -0.370. The second-order valence-corrected chi connectivity index (χ2v) is 6.03. The molecule has 0 saturated carbocycles. The Balaban J connectivity index is 1.94. The highest BCUT2D eigenvalue weighted by Gasteiger charge is 1.99.